The van der Waals surface area contributed by atoms with Crippen LogP contribution in [0.4, 0.5) is 0 Å². The summed E-state index contributed by atoms with van der Waals surface area (Å²) in [5, 5.41) is 0. The average Bonchev–Trinajstić information content (AvgIpc) is 2.83. The van der Waals surface area contributed by atoms with Crippen molar-refractivity contribution in [3.8, 4) is 17.2 Å². The van der Waals surface area contributed by atoms with Gasteiger partial charge in [-0.2, -0.15) is 0 Å². The molecule has 0 atom stereocenters. The lowest BCUT2D eigenvalue weighted by molar-refractivity contribution is -0.136. The maximum Gasteiger partial charge on any atom is 0.236 e. The van der Waals surface area contributed by atoms with Crippen LogP contribution in [-0.2, 0) is 16.0 Å². The van der Waals surface area contributed by atoms with Crippen LogP contribution < -0.4 is 14.2 Å². The van der Waals surface area contributed by atoms with Gasteiger partial charge in [0, 0.05) is 58.4 Å². The van der Waals surface area contributed by atoms with Gasteiger partial charge in [0.15, 0.2) is 11.5 Å². The van der Waals surface area contributed by atoms with Gasteiger partial charge in [-0.3, -0.25) is 19.4 Å². The molecule has 0 aromatic heterocycles. The van der Waals surface area contributed by atoms with Gasteiger partial charge in [0.05, 0.1) is 34.3 Å². The molecule has 1 saturated carbocycles. The van der Waals surface area contributed by atoms with Crippen molar-refractivity contribution in [2.24, 2.45) is 0 Å². The molecule has 0 spiro atoms. The summed E-state index contributed by atoms with van der Waals surface area (Å²) >= 11 is 0. The number of methoxy groups -OCH3 is 3. The number of rotatable bonds is 8. The van der Waals surface area contributed by atoms with Crippen LogP contribution in [0.25, 0.3) is 0 Å². The number of amides is 2. The largest absolute Gasteiger partial charge is 0.493 e. The molecule has 0 N–H and O–H groups in total. The maximum atomic E-state index is 12.9. The molecule has 1 aliphatic carbocycles. The third kappa shape index (κ3) is 5.58. The number of benzene rings is 1. The highest BCUT2D eigenvalue weighted by molar-refractivity contribution is 5.80. The first-order valence-electron chi connectivity index (χ1n) is 12.3. The Balaban J connectivity index is 1.23. The Morgan fingerprint density at radius 2 is 1.35 bits per heavy atom. The van der Waals surface area contributed by atoms with E-state index in [4.69, 9.17) is 14.2 Å². The first-order chi connectivity index (χ1) is 16.5. The second kappa shape index (κ2) is 11.3. The second-order valence-electron chi connectivity index (χ2n) is 9.37. The second-order valence-corrected chi connectivity index (χ2v) is 9.37. The predicted octanol–water partition coefficient (Wildman–Crippen LogP) is 1.10. The Hall–Kier alpha value is -2.52. The van der Waals surface area contributed by atoms with Gasteiger partial charge in [0.2, 0.25) is 17.6 Å². The lowest BCUT2D eigenvalue weighted by atomic mass is 9.91. The molecule has 1 aromatic rings. The van der Waals surface area contributed by atoms with E-state index in [9.17, 15) is 9.59 Å². The van der Waals surface area contributed by atoms with Crippen molar-refractivity contribution in [2.45, 2.75) is 31.7 Å². The highest BCUT2D eigenvalue weighted by Crippen LogP contribution is 2.38. The smallest absolute Gasteiger partial charge is 0.236 e. The molecule has 188 valence electrons. The van der Waals surface area contributed by atoms with Gasteiger partial charge in [-0.1, -0.05) is 6.42 Å². The number of hydrogen-bond donors (Lipinski definition) is 0. The predicted molar refractivity (Wildman–Crippen MR) is 129 cm³/mol. The molecule has 3 aliphatic rings. The van der Waals surface area contributed by atoms with Gasteiger partial charge in [0.1, 0.15) is 0 Å². The minimum absolute atomic E-state index is 0.0624. The minimum Gasteiger partial charge on any atom is -0.493 e. The molecule has 34 heavy (non-hydrogen) atoms. The Morgan fingerprint density at radius 3 is 1.85 bits per heavy atom. The van der Waals surface area contributed by atoms with E-state index in [0.717, 1.165) is 50.9 Å². The summed E-state index contributed by atoms with van der Waals surface area (Å²) in [6.07, 6.45) is 4.24. The number of hydrogen-bond acceptors (Lipinski definition) is 7. The summed E-state index contributed by atoms with van der Waals surface area (Å²) in [6.45, 7) is 6.81. The third-order valence-corrected chi connectivity index (χ3v) is 7.42. The van der Waals surface area contributed by atoms with Gasteiger partial charge in [-0.25, -0.2) is 0 Å². The van der Waals surface area contributed by atoms with Gasteiger partial charge >= 0.3 is 0 Å². The van der Waals surface area contributed by atoms with E-state index < -0.39 is 0 Å². The van der Waals surface area contributed by atoms with Crippen LogP contribution in [0.5, 0.6) is 17.2 Å². The zero-order valence-corrected chi connectivity index (χ0v) is 20.8. The molecular weight excluding hydrogens is 436 g/mol. The van der Waals surface area contributed by atoms with Crippen LogP contribution in [0, 0.1) is 0 Å². The van der Waals surface area contributed by atoms with E-state index >= 15 is 0 Å². The van der Waals surface area contributed by atoms with Crippen LogP contribution >= 0.6 is 0 Å². The van der Waals surface area contributed by atoms with Crippen molar-refractivity contribution in [1.29, 1.82) is 0 Å². The molecular formula is C25H38N4O5. The van der Waals surface area contributed by atoms with E-state index in [0.29, 0.717) is 36.9 Å². The first kappa shape index (κ1) is 24.6. The summed E-state index contributed by atoms with van der Waals surface area (Å²) in [4.78, 5) is 34.3. The van der Waals surface area contributed by atoms with Crippen LogP contribution in [-0.4, -0.2) is 118 Å². The van der Waals surface area contributed by atoms with E-state index in [1.807, 2.05) is 21.9 Å². The van der Waals surface area contributed by atoms with E-state index in [-0.39, 0.29) is 18.2 Å². The SMILES string of the molecule is COc1cc(CC(=O)N2CCN(CC(=O)N3CCN(C4CCC4)CC3)CC2)cc(OC)c1OC. The molecule has 0 bridgehead atoms. The van der Waals surface area contributed by atoms with Crippen molar-refractivity contribution < 1.29 is 23.8 Å². The standard InChI is InChI=1S/C25H38N4O5/c1-32-21-15-19(16-22(33-2)25(21)34-3)17-23(30)28-9-7-26(8-10-28)18-24(31)29-13-11-27(12-14-29)20-5-4-6-20/h15-16,20H,4-14,17-18H2,1-3H3. The van der Waals surface area contributed by atoms with Gasteiger partial charge < -0.3 is 24.0 Å². The van der Waals surface area contributed by atoms with Crippen molar-refractivity contribution in [1.82, 2.24) is 19.6 Å². The van der Waals surface area contributed by atoms with Crippen LogP contribution in [0.1, 0.15) is 24.8 Å². The van der Waals surface area contributed by atoms with Gasteiger partial charge in [-0.05, 0) is 30.5 Å². The quantitative estimate of drug-likeness (QED) is 0.559. The van der Waals surface area contributed by atoms with E-state index in [1.54, 1.807) is 21.3 Å². The maximum absolute atomic E-state index is 12.9. The first-order valence-corrected chi connectivity index (χ1v) is 12.3. The summed E-state index contributed by atoms with van der Waals surface area (Å²) < 4.78 is 16.2. The Bertz CT molecular complexity index is 834. The van der Waals surface area contributed by atoms with E-state index in [1.165, 1.54) is 19.3 Å². The monoisotopic (exact) mass is 474 g/mol. The van der Waals surface area contributed by atoms with Gasteiger partial charge in [0.25, 0.3) is 0 Å². The molecule has 2 heterocycles. The molecule has 0 unspecified atom stereocenters. The summed E-state index contributed by atoms with van der Waals surface area (Å²) in [5.74, 6) is 1.88. The van der Waals surface area contributed by atoms with Crippen molar-refractivity contribution in [3.63, 3.8) is 0 Å². The summed E-state index contributed by atoms with van der Waals surface area (Å²) in [7, 11) is 4.69. The molecule has 2 aliphatic heterocycles. The van der Waals surface area contributed by atoms with Crippen LogP contribution in [0.2, 0.25) is 0 Å². The third-order valence-electron chi connectivity index (χ3n) is 7.42. The topological polar surface area (TPSA) is 74.8 Å². The molecule has 3 fully saturated rings. The number of carbonyl (C=O) groups excluding carboxylic acids is 2. The van der Waals surface area contributed by atoms with Crippen molar-refractivity contribution in [2.75, 3.05) is 80.2 Å². The zero-order valence-electron chi connectivity index (χ0n) is 20.8. The van der Waals surface area contributed by atoms with Crippen LogP contribution in [0.3, 0.4) is 0 Å². The molecule has 9 heteroatoms. The Morgan fingerprint density at radius 1 is 0.794 bits per heavy atom. The number of nitrogens with zero attached hydrogens (tertiary/aromatic N) is 4. The highest BCUT2D eigenvalue weighted by Gasteiger charge is 2.30. The number of carbonyl (C=O) groups is 2. The lowest BCUT2D eigenvalue weighted by Gasteiger charge is -2.43. The molecule has 1 aromatic carbocycles. The van der Waals surface area contributed by atoms with Crippen molar-refractivity contribution >= 4 is 11.8 Å². The normalized spacial score (nSPS) is 20.1. The molecule has 2 saturated heterocycles. The summed E-state index contributed by atoms with van der Waals surface area (Å²) in [5.41, 5.74) is 0.818. The Labute approximate surface area is 202 Å². The fraction of sp³-hybridized carbons (Fsp3) is 0.680. The number of ether oxygens (including phenoxy) is 3. The van der Waals surface area contributed by atoms with Crippen LogP contribution in [0.15, 0.2) is 12.1 Å². The highest BCUT2D eigenvalue weighted by atomic mass is 16.5. The molecule has 0 radical (unpaired) electrons. The average molecular weight is 475 g/mol. The van der Waals surface area contributed by atoms with Gasteiger partial charge in [-0.15, -0.1) is 0 Å². The van der Waals surface area contributed by atoms with E-state index in [2.05, 4.69) is 9.80 Å². The zero-order chi connectivity index (χ0) is 24.1. The summed E-state index contributed by atoms with van der Waals surface area (Å²) in [6, 6.07) is 4.39. The fourth-order valence-electron chi connectivity index (χ4n) is 5.06. The van der Waals surface area contributed by atoms with Crippen molar-refractivity contribution in [3.05, 3.63) is 17.7 Å². The number of piperazine rings is 2. The Kier molecular flexibility index (Phi) is 8.15. The molecule has 4 rings (SSSR count). The fourth-order valence-corrected chi connectivity index (χ4v) is 5.06. The molecule has 2 amide bonds. The molecule has 9 nitrogen and oxygen atoms in total. The minimum atomic E-state index is 0.0624. The lowest BCUT2D eigenvalue weighted by Crippen LogP contribution is -2.56.